The van der Waals surface area contributed by atoms with Gasteiger partial charge in [-0.3, -0.25) is 14.7 Å². The van der Waals surface area contributed by atoms with E-state index in [4.69, 9.17) is 0 Å². The Bertz CT molecular complexity index is 774. The molecule has 1 unspecified atom stereocenters. The third-order valence-corrected chi connectivity index (χ3v) is 4.53. The van der Waals surface area contributed by atoms with Gasteiger partial charge in [0.05, 0.1) is 6.20 Å². The Labute approximate surface area is 145 Å². The largest absolute Gasteiger partial charge is 0.334 e. The number of H-pyrrole nitrogens is 1. The van der Waals surface area contributed by atoms with E-state index in [9.17, 15) is 14.0 Å². The van der Waals surface area contributed by atoms with E-state index >= 15 is 0 Å². The summed E-state index contributed by atoms with van der Waals surface area (Å²) in [6.07, 6.45) is 4.46. The van der Waals surface area contributed by atoms with Gasteiger partial charge in [0.15, 0.2) is 0 Å². The van der Waals surface area contributed by atoms with Crippen molar-refractivity contribution < 1.29 is 14.0 Å². The summed E-state index contributed by atoms with van der Waals surface area (Å²) in [5.74, 6) is -1.65. The van der Waals surface area contributed by atoms with Crippen LogP contribution < -0.4 is 5.32 Å². The fraction of sp³-hybridized carbons (Fsp3) is 0.389. The van der Waals surface area contributed by atoms with E-state index in [0.717, 1.165) is 30.5 Å². The number of piperidine rings is 1. The van der Waals surface area contributed by atoms with Crippen molar-refractivity contribution in [1.82, 2.24) is 15.1 Å². The molecule has 0 aliphatic carbocycles. The highest BCUT2D eigenvalue weighted by Gasteiger charge is 2.30. The summed E-state index contributed by atoms with van der Waals surface area (Å²) in [5, 5.41) is 9.59. The summed E-state index contributed by atoms with van der Waals surface area (Å²) in [7, 11) is 0. The van der Waals surface area contributed by atoms with Gasteiger partial charge >= 0.3 is 11.8 Å². The van der Waals surface area contributed by atoms with Crippen molar-refractivity contribution in [1.29, 1.82) is 0 Å². The third kappa shape index (κ3) is 3.87. The van der Waals surface area contributed by atoms with Gasteiger partial charge in [-0.05, 0) is 43.0 Å². The molecule has 132 valence electrons. The lowest BCUT2D eigenvalue weighted by Crippen LogP contribution is -2.44. The number of carbonyl (C=O) groups is 2. The summed E-state index contributed by atoms with van der Waals surface area (Å²) in [6, 6.07) is 5.49. The number of nitrogens with one attached hydrogen (secondary N) is 2. The van der Waals surface area contributed by atoms with Gasteiger partial charge in [-0.2, -0.15) is 5.10 Å². The maximum atomic E-state index is 13.2. The highest BCUT2D eigenvalue weighted by Crippen LogP contribution is 2.28. The van der Waals surface area contributed by atoms with Gasteiger partial charge in [0.2, 0.25) is 0 Å². The van der Waals surface area contributed by atoms with Crippen molar-refractivity contribution in [3.8, 4) is 0 Å². The molecular formula is C18H21FN4O2. The lowest BCUT2D eigenvalue weighted by atomic mass is 9.92. The first-order chi connectivity index (χ1) is 12.1. The number of benzene rings is 1. The Morgan fingerprint density at radius 2 is 2.28 bits per heavy atom. The zero-order valence-electron chi connectivity index (χ0n) is 14.1. The van der Waals surface area contributed by atoms with Gasteiger partial charge in [-0.1, -0.05) is 13.0 Å². The number of carbonyl (C=O) groups excluding carboxylic acids is 2. The van der Waals surface area contributed by atoms with Crippen LogP contribution in [0.25, 0.3) is 0 Å². The predicted octanol–water partition coefficient (Wildman–Crippen LogP) is 2.46. The minimum Gasteiger partial charge on any atom is -0.334 e. The fourth-order valence-electron chi connectivity index (χ4n) is 3.25. The van der Waals surface area contributed by atoms with Gasteiger partial charge in [-0.15, -0.1) is 0 Å². The molecular weight excluding hydrogens is 323 g/mol. The summed E-state index contributed by atoms with van der Waals surface area (Å²) < 4.78 is 13.2. The highest BCUT2D eigenvalue weighted by molar-refractivity contribution is 6.39. The number of anilines is 1. The molecule has 0 saturated carbocycles. The van der Waals surface area contributed by atoms with Crippen molar-refractivity contribution in [2.75, 3.05) is 18.4 Å². The van der Waals surface area contributed by atoms with Crippen LogP contribution in [0, 0.1) is 5.82 Å². The average Bonchev–Trinajstić information content (AvgIpc) is 3.10. The van der Waals surface area contributed by atoms with Crippen LogP contribution in [0.2, 0.25) is 0 Å². The van der Waals surface area contributed by atoms with Crippen LogP contribution in [-0.4, -0.2) is 40.0 Å². The van der Waals surface area contributed by atoms with Crippen LogP contribution in [-0.2, 0) is 16.0 Å². The first-order valence-corrected chi connectivity index (χ1v) is 8.46. The molecule has 2 N–H and O–H groups in total. The topological polar surface area (TPSA) is 78.1 Å². The summed E-state index contributed by atoms with van der Waals surface area (Å²) in [5.41, 5.74) is 2.46. The number of aromatic nitrogens is 2. The summed E-state index contributed by atoms with van der Waals surface area (Å²) >= 11 is 0. The molecule has 1 saturated heterocycles. The number of amides is 2. The first-order valence-electron chi connectivity index (χ1n) is 8.46. The van der Waals surface area contributed by atoms with E-state index < -0.39 is 17.6 Å². The molecule has 2 aromatic rings. The van der Waals surface area contributed by atoms with E-state index in [2.05, 4.69) is 22.4 Å². The van der Waals surface area contributed by atoms with E-state index in [1.54, 1.807) is 11.0 Å². The second-order valence-corrected chi connectivity index (χ2v) is 6.22. The van der Waals surface area contributed by atoms with Crippen LogP contribution in [0.5, 0.6) is 0 Å². The average molecular weight is 344 g/mol. The molecule has 2 heterocycles. The van der Waals surface area contributed by atoms with Gasteiger partial charge in [0.25, 0.3) is 0 Å². The Morgan fingerprint density at radius 1 is 1.44 bits per heavy atom. The Hall–Kier alpha value is -2.70. The van der Waals surface area contributed by atoms with Gasteiger partial charge in [-0.25, -0.2) is 4.39 Å². The summed E-state index contributed by atoms with van der Waals surface area (Å²) in [4.78, 5) is 26.2. The number of aromatic amines is 1. The fourth-order valence-corrected chi connectivity index (χ4v) is 3.25. The molecule has 1 aromatic carbocycles. The Kier molecular flexibility index (Phi) is 5.11. The molecule has 0 radical (unpaired) electrons. The third-order valence-electron chi connectivity index (χ3n) is 4.53. The molecule has 6 nitrogen and oxygen atoms in total. The van der Waals surface area contributed by atoms with Crippen molar-refractivity contribution >= 4 is 17.5 Å². The molecule has 3 rings (SSSR count). The number of hydrogen-bond donors (Lipinski definition) is 2. The van der Waals surface area contributed by atoms with Crippen LogP contribution in [0.1, 0.15) is 36.9 Å². The van der Waals surface area contributed by atoms with Gasteiger partial charge in [0.1, 0.15) is 5.82 Å². The van der Waals surface area contributed by atoms with Crippen molar-refractivity contribution in [3.63, 3.8) is 0 Å². The second-order valence-electron chi connectivity index (χ2n) is 6.22. The molecule has 2 amide bonds. The number of likely N-dealkylation sites (tertiary alicyclic amines) is 1. The molecule has 1 aromatic heterocycles. The molecule has 1 aliphatic rings. The van der Waals surface area contributed by atoms with Crippen molar-refractivity contribution in [3.05, 3.63) is 47.5 Å². The quantitative estimate of drug-likeness (QED) is 0.840. The Morgan fingerprint density at radius 3 is 3.04 bits per heavy atom. The minimum atomic E-state index is -0.744. The van der Waals surface area contributed by atoms with E-state index in [-0.39, 0.29) is 11.6 Å². The van der Waals surface area contributed by atoms with Crippen molar-refractivity contribution in [2.45, 2.75) is 32.1 Å². The van der Waals surface area contributed by atoms with E-state index in [1.165, 1.54) is 18.2 Å². The molecule has 25 heavy (non-hydrogen) atoms. The minimum absolute atomic E-state index is 0.150. The Balaban J connectivity index is 1.66. The maximum absolute atomic E-state index is 13.2. The van der Waals surface area contributed by atoms with Crippen LogP contribution in [0.4, 0.5) is 10.1 Å². The highest BCUT2D eigenvalue weighted by atomic mass is 19.1. The molecule has 0 spiro atoms. The van der Waals surface area contributed by atoms with Gasteiger partial charge < -0.3 is 10.2 Å². The number of aryl methyl sites for hydroxylation is 1. The van der Waals surface area contributed by atoms with Gasteiger partial charge in [0, 0.05) is 30.4 Å². The predicted molar refractivity (Wildman–Crippen MR) is 91.6 cm³/mol. The second kappa shape index (κ2) is 7.46. The first kappa shape index (κ1) is 17.1. The zero-order valence-corrected chi connectivity index (χ0v) is 14.1. The number of nitrogens with zero attached hydrogens (tertiary/aromatic N) is 2. The molecule has 7 heteroatoms. The monoisotopic (exact) mass is 344 g/mol. The SMILES string of the molecule is CCc1cn[nH]c1C1CCCN(C(=O)C(=O)Nc2cccc(F)c2)C1. The van der Waals surface area contributed by atoms with E-state index in [0.29, 0.717) is 13.1 Å². The van der Waals surface area contributed by atoms with Crippen LogP contribution in [0.3, 0.4) is 0 Å². The number of hydrogen-bond acceptors (Lipinski definition) is 3. The van der Waals surface area contributed by atoms with Crippen LogP contribution >= 0.6 is 0 Å². The lowest BCUT2D eigenvalue weighted by molar-refractivity contribution is -0.144. The lowest BCUT2D eigenvalue weighted by Gasteiger charge is -2.32. The summed E-state index contributed by atoms with van der Waals surface area (Å²) in [6.45, 7) is 3.08. The number of halogens is 1. The zero-order chi connectivity index (χ0) is 17.8. The molecule has 1 atom stereocenters. The molecule has 1 fully saturated rings. The molecule has 1 aliphatic heterocycles. The standard InChI is InChI=1S/C18H21FN4O2/c1-2-12-10-20-22-16(12)13-5-4-8-23(11-13)18(25)17(24)21-15-7-3-6-14(19)9-15/h3,6-7,9-10,13H,2,4-5,8,11H2,1H3,(H,20,22)(H,21,24). The number of rotatable bonds is 3. The van der Waals surface area contributed by atoms with Crippen molar-refractivity contribution in [2.24, 2.45) is 0 Å². The van der Waals surface area contributed by atoms with Crippen LogP contribution in [0.15, 0.2) is 30.5 Å². The maximum Gasteiger partial charge on any atom is 0.313 e. The normalized spacial score (nSPS) is 17.4. The van der Waals surface area contributed by atoms with E-state index in [1.807, 2.05) is 6.20 Å². The smallest absolute Gasteiger partial charge is 0.313 e. The molecule has 0 bridgehead atoms.